The predicted octanol–water partition coefficient (Wildman–Crippen LogP) is 0.705. The largest absolute Gasteiger partial charge is 0.396 e. The Balaban J connectivity index is 2.31. The van der Waals surface area contributed by atoms with Crippen molar-refractivity contribution in [1.29, 1.82) is 0 Å². The van der Waals surface area contributed by atoms with Gasteiger partial charge in [0.15, 0.2) is 0 Å². The van der Waals surface area contributed by atoms with Gasteiger partial charge < -0.3 is 10.4 Å². The van der Waals surface area contributed by atoms with Crippen LogP contribution in [0.3, 0.4) is 0 Å². The van der Waals surface area contributed by atoms with Crippen LogP contribution in [0.2, 0.25) is 0 Å². The van der Waals surface area contributed by atoms with Gasteiger partial charge in [0, 0.05) is 25.7 Å². The Kier molecular flexibility index (Phi) is 7.54. The molecule has 20 heavy (non-hydrogen) atoms. The van der Waals surface area contributed by atoms with Crippen molar-refractivity contribution in [2.24, 2.45) is 5.92 Å². The topological polar surface area (TPSA) is 81.7 Å². The molecule has 0 spiro atoms. The van der Waals surface area contributed by atoms with E-state index in [2.05, 4.69) is 15.5 Å². The molecule has 3 N–H and O–H groups in total. The third kappa shape index (κ3) is 6.34. The van der Waals surface area contributed by atoms with E-state index in [0.717, 1.165) is 12.8 Å². The van der Waals surface area contributed by atoms with Gasteiger partial charge in [0.05, 0.1) is 6.54 Å². The first-order chi connectivity index (χ1) is 9.52. The third-order valence-corrected chi connectivity index (χ3v) is 3.47. The lowest BCUT2D eigenvalue weighted by molar-refractivity contribution is -0.122. The minimum Gasteiger partial charge on any atom is -0.396 e. The number of nitrogens with one attached hydrogen (secondary N) is 2. The molecule has 0 atom stereocenters. The molecule has 1 fully saturated rings. The molecule has 0 bridgehead atoms. The molecule has 0 aromatic rings. The summed E-state index contributed by atoms with van der Waals surface area (Å²) in [7, 11) is 0. The second-order valence-corrected chi connectivity index (χ2v) is 5.78. The smallest absolute Gasteiger partial charge is 0.321 e. The number of nitrogens with zero attached hydrogens (tertiary/aromatic N) is 1. The van der Waals surface area contributed by atoms with E-state index in [4.69, 9.17) is 5.11 Å². The van der Waals surface area contributed by atoms with Gasteiger partial charge in [-0.1, -0.05) is 20.3 Å². The number of imide groups is 1. The van der Waals surface area contributed by atoms with Crippen LogP contribution >= 0.6 is 0 Å². The monoisotopic (exact) mass is 285 g/mol. The zero-order valence-electron chi connectivity index (χ0n) is 12.5. The maximum absolute atomic E-state index is 11.8. The molecule has 0 saturated heterocycles. The summed E-state index contributed by atoms with van der Waals surface area (Å²) in [5, 5.41) is 13.9. The highest BCUT2D eigenvalue weighted by atomic mass is 16.3. The number of hydrogen-bond donors (Lipinski definition) is 3. The molecule has 0 aromatic carbocycles. The molecule has 0 aliphatic heterocycles. The minimum absolute atomic E-state index is 0.125. The molecule has 116 valence electrons. The fourth-order valence-corrected chi connectivity index (χ4v) is 2.11. The van der Waals surface area contributed by atoms with Crippen LogP contribution in [-0.4, -0.2) is 54.2 Å². The SMILES string of the molecule is CC(C)CNC(=O)NC(=O)CN(CCCO)C1CCC1. The molecule has 0 unspecified atom stereocenters. The summed E-state index contributed by atoms with van der Waals surface area (Å²) in [5.74, 6) is 0.0722. The van der Waals surface area contributed by atoms with Crippen LogP contribution in [0, 0.1) is 5.92 Å². The summed E-state index contributed by atoms with van der Waals surface area (Å²) < 4.78 is 0. The van der Waals surface area contributed by atoms with Gasteiger partial charge >= 0.3 is 6.03 Å². The standard InChI is InChI=1S/C14H27N3O3/c1-11(2)9-15-14(20)16-13(19)10-17(7-4-8-18)12-5-3-6-12/h11-12,18H,3-10H2,1-2H3,(H2,15,16,19,20). The van der Waals surface area contributed by atoms with E-state index in [1.165, 1.54) is 6.42 Å². The molecule has 0 aromatic heterocycles. The molecule has 6 nitrogen and oxygen atoms in total. The van der Waals surface area contributed by atoms with Crippen molar-refractivity contribution in [3.63, 3.8) is 0 Å². The Bertz CT molecular complexity index is 317. The first-order valence-corrected chi connectivity index (χ1v) is 7.45. The molecule has 1 saturated carbocycles. The molecule has 1 rings (SSSR count). The molecule has 0 heterocycles. The number of carbonyl (C=O) groups excluding carboxylic acids is 2. The summed E-state index contributed by atoms with van der Waals surface area (Å²) in [6.45, 7) is 5.59. The molecular formula is C14H27N3O3. The Labute approximate surface area is 120 Å². The molecule has 3 amide bonds. The predicted molar refractivity (Wildman–Crippen MR) is 77.3 cm³/mol. The van der Waals surface area contributed by atoms with E-state index in [-0.39, 0.29) is 19.1 Å². The summed E-state index contributed by atoms with van der Waals surface area (Å²) in [5.41, 5.74) is 0. The highest BCUT2D eigenvalue weighted by molar-refractivity contribution is 5.95. The van der Waals surface area contributed by atoms with Crippen LogP contribution in [-0.2, 0) is 4.79 Å². The number of carbonyl (C=O) groups is 2. The van der Waals surface area contributed by atoms with Gasteiger partial charge in [0.1, 0.15) is 0 Å². The van der Waals surface area contributed by atoms with Crippen LogP contribution in [0.25, 0.3) is 0 Å². The maximum atomic E-state index is 11.8. The quantitative estimate of drug-likeness (QED) is 0.613. The van der Waals surface area contributed by atoms with Crippen molar-refractivity contribution in [2.45, 2.75) is 45.6 Å². The average Bonchev–Trinajstić information content (AvgIpc) is 2.31. The number of aliphatic hydroxyl groups excluding tert-OH is 1. The van der Waals surface area contributed by atoms with Gasteiger partial charge in [-0.15, -0.1) is 0 Å². The Morgan fingerprint density at radius 3 is 2.55 bits per heavy atom. The van der Waals surface area contributed by atoms with Crippen molar-refractivity contribution < 1.29 is 14.7 Å². The van der Waals surface area contributed by atoms with Crippen LogP contribution < -0.4 is 10.6 Å². The van der Waals surface area contributed by atoms with Crippen LogP contribution in [0.1, 0.15) is 39.5 Å². The summed E-state index contributed by atoms with van der Waals surface area (Å²) in [4.78, 5) is 25.4. The number of amides is 3. The highest BCUT2D eigenvalue weighted by Crippen LogP contribution is 2.24. The van der Waals surface area contributed by atoms with Gasteiger partial charge in [-0.3, -0.25) is 15.0 Å². The second-order valence-electron chi connectivity index (χ2n) is 5.78. The Morgan fingerprint density at radius 1 is 1.35 bits per heavy atom. The maximum Gasteiger partial charge on any atom is 0.321 e. The Hall–Kier alpha value is -1.14. The molecule has 1 aliphatic carbocycles. The fraction of sp³-hybridized carbons (Fsp3) is 0.857. The van der Waals surface area contributed by atoms with Crippen molar-refractivity contribution >= 4 is 11.9 Å². The van der Waals surface area contributed by atoms with Crippen LogP contribution in [0.5, 0.6) is 0 Å². The molecular weight excluding hydrogens is 258 g/mol. The molecule has 1 aliphatic rings. The van der Waals surface area contributed by atoms with E-state index in [1.54, 1.807) is 0 Å². The Morgan fingerprint density at radius 2 is 2.05 bits per heavy atom. The van der Waals surface area contributed by atoms with Crippen LogP contribution in [0.15, 0.2) is 0 Å². The van der Waals surface area contributed by atoms with E-state index < -0.39 is 6.03 Å². The highest BCUT2D eigenvalue weighted by Gasteiger charge is 2.26. The fourth-order valence-electron chi connectivity index (χ4n) is 2.11. The normalized spacial score (nSPS) is 15.2. The summed E-state index contributed by atoms with van der Waals surface area (Å²) in [6.07, 6.45) is 4.04. The average molecular weight is 285 g/mol. The number of urea groups is 1. The first-order valence-electron chi connectivity index (χ1n) is 7.45. The van der Waals surface area contributed by atoms with Crippen molar-refractivity contribution in [3.8, 4) is 0 Å². The van der Waals surface area contributed by atoms with E-state index in [9.17, 15) is 9.59 Å². The van der Waals surface area contributed by atoms with Gasteiger partial charge in [-0.2, -0.15) is 0 Å². The third-order valence-electron chi connectivity index (χ3n) is 3.47. The number of aliphatic hydroxyl groups is 1. The van der Waals surface area contributed by atoms with Gasteiger partial charge in [0.2, 0.25) is 5.91 Å². The minimum atomic E-state index is -0.431. The lowest BCUT2D eigenvalue weighted by Gasteiger charge is -2.37. The van der Waals surface area contributed by atoms with Crippen molar-refractivity contribution in [1.82, 2.24) is 15.5 Å². The lowest BCUT2D eigenvalue weighted by atomic mass is 9.91. The zero-order chi connectivity index (χ0) is 15.0. The molecule has 6 heteroatoms. The molecule has 0 radical (unpaired) electrons. The van der Waals surface area contributed by atoms with Gasteiger partial charge in [-0.05, 0) is 25.2 Å². The van der Waals surface area contributed by atoms with Crippen molar-refractivity contribution in [3.05, 3.63) is 0 Å². The zero-order valence-corrected chi connectivity index (χ0v) is 12.5. The van der Waals surface area contributed by atoms with Crippen LogP contribution in [0.4, 0.5) is 4.79 Å². The second kappa shape index (κ2) is 8.92. The summed E-state index contributed by atoms with van der Waals surface area (Å²) >= 11 is 0. The van der Waals surface area contributed by atoms with Gasteiger partial charge in [0.25, 0.3) is 0 Å². The summed E-state index contributed by atoms with van der Waals surface area (Å²) in [6, 6.07) is -0.00885. The number of rotatable bonds is 8. The lowest BCUT2D eigenvalue weighted by Crippen LogP contribution is -2.49. The number of hydrogen-bond acceptors (Lipinski definition) is 4. The van der Waals surface area contributed by atoms with Crippen molar-refractivity contribution in [2.75, 3.05) is 26.2 Å². The first kappa shape index (κ1) is 16.9. The van der Waals surface area contributed by atoms with Gasteiger partial charge in [-0.25, -0.2) is 4.79 Å². The van der Waals surface area contributed by atoms with E-state index >= 15 is 0 Å². The van der Waals surface area contributed by atoms with E-state index in [1.807, 2.05) is 13.8 Å². The van der Waals surface area contributed by atoms with E-state index in [0.29, 0.717) is 31.5 Å².